The molecule has 0 fully saturated rings. The zero-order valence-corrected chi connectivity index (χ0v) is 15.0. The Balaban J connectivity index is 1.80. The lowest BCUT2D eigenvalue weighted by molar-refractivity contribution is -0.146. The molecular weight excluding hydrogens is 361 g/mol. The molecule has 0 aliphatic carbocycles. The van der Waals surface area contributed by atoms with Crippen molar-refractivity contribution in [3.8, 4) is 5.75 Å². The van der Waals surface area contributed by atoms with E-state index in [1.807, 2.05) is 43.3 Å². The quantitative estimate of drug-likeness (QED) is 0.709. The third kappa shape index (κ3) is 4.11. The number of methoxy groups -OCH3 is 1. The molecule has 1 N–H and O–H groups in total. The number of alkyl halides is 3. The minimum absolute atomic E-state index is 0.0172. The lowest BCUT2D eigenvalue weighted by atomic mass is 10.1. The van der Waals surface area contributed by atoms with E-state index in [9.17, 15) is 13.2 Å². The number of nitrogens with one attached hydrogen (secondary N) is 1. The van der Waals surface area contributed by atoms with Crippen LogP contribution >= 0.6 is 0 Å². The molecule has 0 saturated carbocycles. The topological polar surface area (TPSA) is 67.6 Å². The Bertz CT molecular complexity index is 907. The van der Waals surface area contributed by atoms with Crippen molar-refractivity contribution in [1.82, 2.24) is 24.7 Å². The molecule has 3 aromatic rings. The molecule has 0 aliphatic heterocycles. The van der Waals surface area contributed by atoms with Gasteiger partial charge in [0.05, 0.1) is 13.2 Å². The van der Waals surface area contributed by atoms with Crippen molar-refractivity contribution in [1.29, 1.82) is 0 Å². The maximum atomic E-state index is 13.0. The Hall–Kier alpha value is -2.88. The van der Waals surface area contributed by atoms with Crippen LogP contribution in [0, 0.1) is 0 Å². The highest BCUT2D eigenvalue weighted by molar-refractivity contribution is 5.44. The molecule has 2 aromatic heterocycles. The molecule has 7 nitrogen and oxygen atoms in total. The van der Waals surface area contributed by atoms with Gasteiger partial charge in [0, 0.05) is 6.54 Å². The van der Waals surface area contributed by atoms with Gasteiger partial charge in [-0.15, -0.1) is 15.3 Å². The number of anilines is 1. The maximum Gasteiger partial charge on any atom is 0.453 e. The molecule has 27 heavy (non-hydrogen) atoms. The second-order valence-electron chi connectivity index (χ2n) is 6.14. The SMILES string of the molecule is COc1ccc(C(CNc2ccc3nnc(C(F)(F)F)n3n2)N(C)C)cc1. The van der Waals surface area contributed by atoms with Crippen LogP contribution in [0.1, 0.15) is 17.4 Å². The predicted molar refractivity (Wildman–Crippen MR) is 93.7 cm³/mol. The fraction of sp³-hybridized carbons (Fsp3) is 0.353. The van der Waals surface area contributed by atoms with E-state index in [0.717, 1.165) is 11.3 Å². The van der Waals surface area contributed by atoms with Crippen molar-refractivity contribution in [2.24, 2.45) is 0 Å². The van der Waals surface area contributed by atoms with E-state index in [4.69, 9.17) is 4.74 Å². The molecule has 1 atom stereocenters. The maximum absolute atomic E-state index is 13.0. The van der Waals surface area contributed by atoms with Gasteiger partial charge in [-0.3, -0.25) is 0 Å². The summed E-state index contributed by atoms with van der Waals surface area (Å²) in [6, 6.07) is 10.6. The van der Waals surface area contributed by atoms with Gasteiger partial charge in [0.1, 0.15) is 11.6 Å². The molecule has 2 heterocycles. The first-order valence-corrected chi connectivity index (χ1v) is 8.13. The summed E-state index contributed by atoms with van der Waals surface area (Å²) in [5.41, 5.74) is 1.07. The normalized spacial score (nSPS) is 13.1. The predicted octanol–water partition coefficient (Wildman–Crippen LogP) is 2.87. The molecule has 0 saturated heterocycles. The number of hydrogen-bond donors (Lipinski definition) is 1. The number of rotatable bonds is 6. The Labute approximate surface area is 153 Å². The van der Waals surface area contributed by atoms with E-state index in [1.165, 1.54) is 6.07 Å². The van der Waals surface area contributed by atoms with Crippen LogP contribution in [0.25, 0.3) is 5.65 Å². The number of hydrogen-bond acceptors (Lipinski definition) is 6. The van der Waals surface area contributed by atoms with Gasteiger partial charge in [0.15, 0.2) is 5.65 Å². The fourth-order valence-corrected chi connectivity index (χ4v) is 2.69. The zero-order valence-electron chi connectivity index (χ0n) is 15.0. The summed E-state index contributed by atoms with van der Waals surface area (Å²) in [4.78, 5) is 2.01. The number of ether oxygens (including phenoxy) is 1. The van der Waals surface area contributed by atoms with E-state index < -0.39 is 12.0 Å². The van der Waals surface area contributed by atoms with Crippen LogP contribution in [0.4, 0.5) is 19.0 Å². The van der Waals surface area contributed by atoms with Gasteiger partial charge >= 0.3 is 6.18 Å². The molecule has 0 aliphatic rings. The first kappa shape index (κ1) is 18.9. The van der Waals surface area contributed by atoms with Crippen LogP contribution in [-0.4, -0.2) is 52.5 Å². The summed E-state index contributed by atoms with van der Waals surface area (Å²) >= 11 is 0. The van der Waals surface area contributed by atoms with Gasteiger partial charge in [-0.25, -0.2) is 0 Å². The van der Waals surface area contributed by atoms with Crippen molar-refractivity contribution in [3.05, 3.63) is 47.8 Å². The second-order valence-corrected chi connectivity index (χ2v) is 6.14. The number of halogens is 3. The summed E-state index contributed by atoms with van der Waals surface area (Å²) in [6.07, 6.45) is -4.62. The first-order valence-electron chi connectivity index (χ1n) is 8.13. The largest absolute Gasteiger partial charge is 0.497 e. The molecule has 1 aromatic carbocycles. The van der Waals surface area contributed by atoms with Crippen molar-refractivity contribution >= 4 is 11.5 Å². The molecule has 0 bridgehead atoms. The summed E-state index contributed by atoms with van der Waals surface area (Å²) < 4.78 is 44.8. The smallest absolute Gasteiger partial charge is 0.453 e. The highest BCUT2D eigenvalue weighted by atomic mass is 19.4. The van der Waals surface area contributed by atoms with Gasteiger partial charge < -0.3 is 15.0 Å². The molecule has 0 spiro atoms. The van der Waals surface area contributed by atoms with Gasteiger partial charge in [-0.1, -0.05) is 12.1 Å². The van der Waals surface area contributed by atoms with E-state index in [1.54, 1.807) is 13.2 Å². The first-order chi connectivity index (χ1) is 12.8. The lowest BCUT2D eigenvalue weighted by Crippen LogP contribution is -2.27. The third-order valence-electron chi connectivity index (χ3n) is 4.12. The highest BCUT2D eigenvalue weighted by Gasteiger charge is 2.37. The molecule has 1 unspecified atom stereocenters. The van der Waals surface area contributed by atoms with Gasteiger partial charge in [0.25, 0.3) is 5.82 Å². The van der Waals surface area contributed by atoms with Crippen molar-refractivity contribution in [2.45, 2.75) is 12.2 Å². The summed E-state index contributed by atoms with van der Waals surface area (Å²) in [7, 11) is 5.45. The standard InChI is InChI=1S/C17H19F3N6O/c1-25(2)13(11-4-6-12(27-3)7-5-11)10-21-14-8-9-15-22-23-16(17(18,19)20)26(15)24-14/h4-9,13H,10H2,1-3H3,(H,21,24). The Morgan fingerprint density at radius 1 is 1.11 bits per heavy atom. The van der Waals surface area contributed by atoms with Crippen molar-refractivity contribution < 1.29 is 17.9 Å². The van der Waals surface area contributed by atoms with Crippen LogP contribution in [0.5, 0.6) is 5.75 Å². The van der Waals surface area contributed by atoms with Crippen LogP contribution in [0.3, 0.4) is 0 Å². The Kier molecular flexibility index (Phi) is 5.17. The van der Waals surface area contributed by atoms with Crippen LogP contribution in [-0.2, 0) is 6.18 Å². The molecule has 0 amide bonds. The Morgan fingerprint density at radius 2 is 1.81 bits per heavy atom. The minimum atomic E-state index is -4.62. The van der Waals surface area contributed by atoms with Crippen LogP contribution in [0.2, 0.25) is 0 Å². The van der Waals surface area contributed by atoms with E-state index >= 15 is 0 Å². The molecule has 3 rings (SSSR count). The average Bonchev–Trinajstić information content (AvgIpc) is 3.05. The van der Waals surface area contributed by atoms with Gasteiger partial charge in [-0.05, 0) is 43.9 Å². The van der Waals surface area contributed by atoms with Crippen LogP contribution < -0.4 is 10.1 Å². The van der Waals surface area contributed by atoms with Gasteiger partial charge in [-0.2, -0.15) is 17.7 Å². The monoisotopic (exact) mass is 380 g/mol. The zero-order chi connectivity index (χ0) is 19.6. The fourth-order valence-electron chi connectivity index (χ4n) is 2.69. The lowest BCUT2D eigenvalue weighted by Gasteiger charge is -2.25. The molecule has 144 valence electrons. The Morgan fingerprint density at radius 3 is 2.41 bits per heavy atom. The summed E-state index contributed by atoms with van der Waals surface area (Å²) in [6.45, 7) is 0.446. The number of benzene rings is 1. The van der Waals surface area contributed by atoms with Gasteiger partial charge in [0.2, 0.25) is 0 Å². The average molecular weight is 380 g/mol. The van der Waals surface area contributed by atoms with E-state index in [0.29, 0.717) is 16.9 Å². The third-order valence-corrected chi connectivity index (χ3v) is 4.12. The molecule has 10 heteroatoms. The highest BCUT2D eigenvalue weighted by Crippen LogP contribution is 2.28. The molecular formula is C17H19F3N6O. The second kappa shape index (κ2) is 7.39. The minimum Gasteiger partial charge on any atom is -0.497 e. The molecule has 0 radical (unpaired) electrons. The summed E-state index contributed by atoms with van der Waals surface area (Å²) in [5.74, 6) is -0.0998. The van der Waals surface area contributed by atoms with E-state index in [-0.39, 0.29) is 11.7 Å². The van der Waals surface area contributed by atoms with Crippen molar-refractivity contribution in [2.75, 3.05) is 33.1 Å². The summed E-state index contributed by atoms with van der Waals surface area (Å²) in [5, 5.41) is 13.7. The number of aromatic nitrogens is 4. The van der Waals surface area contributed by atoms with E-state index in [2.05, 4.69) is 20.6 Å². The number of likely N-dealkylation sites (N-methyl/N-ethyl adjacent to an activating group) is 1. The van der Waals surface area contributed by atoms with Crippen LogP contribution in [0.15, 0.2) is 36.4 Å². The van der Waals surface area contributed by atoms with Crippen molar-refractivity contribution in [3.63, 3.8) is 0 Å². The number of fused-ring (bicyclic) bond motifs is 1. The number of nitrogens with zero attached hydrogens (tertiary/aromatic N) is 5.